The predicted molar refractivity (Wildman–Crippen MR) is 150 cm³/mol. The molecule has 2 aromatic heterocycles. The molecule has 0 spiro atoms. The van der Waals surface area contributed by atoms with E-state index < -0.39 is 24.3 Å². The normalized spacial score (nSPS) is 12.5. The summed E-state index contributed by atoms with van der Waals surface area (Å²) in [5.74, 6) is -5.74. The fourth-order valence-corrected chi connectivity index (χ4v) is 4.03. The van der Waals surface area contributed by atoms with Crippen molar-refractivity contribution in [3.05, 3.63) is 101 Å². The molecular formula is C30H25F7N4O5. The van der Waals surface area contributed by atoms with Gasteiger partial charge in [0.1, 0.15) is 5.82 Å². The molecule has 0 unspecified atom stereocenters. The highest BCUT2D eigenvalue weighted by Gasteiger charge is 2.38. The van der Waals surface area contributed by atoms with Gasteiger partial charge in [-0.3, -0.25) is 9.78 Å². The van der Waals surface area contributed by atoms with E-state index in [9.17, 15) is 35.5 Å². The molecule has 0 aliphatic carbocycles. The first-order chi connectivity index (χ1) is 21.6. The predicted octanol–water partition coefficient (Wildman–Crippen LogP) is 5.73. The molecule has 1 aliphatic rings. The first-order valence-corrected chi connectivity index (χ1v) is 13.2. The number of nitrogens with one attached hydrogen (secondary N) is 3. The topological polar surface area (TPSA) is 144 Å². The number of benzene rings is 2. The van der Waals surface area contributed by atoms with Crippen LogP contribution in [-0.2, 0) is 29.1 Å². The van der Waals surface area contributed by atoms with Crippen LogP contribution in [0.15, 0.2) is 72.9 Å². The number of nitrogens with zero attached hydrogens (tertiary/aromatic N) is 1. The minimum atomic E-state index is -5.08. The molecule has 46 heavy (non-hydrogen) atoms. The zero-order valence-electron chi connectivity index (χ0n) is 23.5. The number of carbonyl (C=O) groups is 3. The molecule has 5 rings (SSSR count). The molecular weight excluding hydrogens is 629 g/mol. The Bertz CT molecular complexity index is 1660. The molecule has 1 amide bonds. The lowest BCUT2D eigenvalue weighted by Crippen LogP contribution is -2.31. The molecule has 244 valence electrons. The van der Waals surface area contributed by atoms with E-state index >= 15 is 0 Å². The van der Waals surface area contributed by atoms with E-state index in [-0.39, 0.29) is 11.7 Å². The number of H-pyrrole nitrogens is 1. The van der Waals surface area contributed by atoms with Gasteiger partial charge in [0, 0.05) is 60.3 Å². The molecule has 0 saturated carbocycles. The molecule has 4 aromatic rings. The van der Waals surface area contributed by atoms with Gasteiger partial charge in [0.15, 0.2) is 0 Å². The lowest BCUT2D eigenvalue weighted by Gasteiger charge is -2.11. The Kier molecular flexibility index (Phi) is 11.6. The van der Waals surface area contributed by atoms with E-state index in [0.717, 1.165) is 40.2 Å². The van der Waals surface area contributed by atoms with E-state index in [1.54, 1.807) is 18.3 Å². The van der Waals surface area contributed by atoms with Crippen LogP contribution in [0.5, 0.6) is 0 Å². The van der Waals surface area contributed by atoms with E-state index in [0.29, 0.717) is 30.8 Å². The van der Waals surface area contributed by atoms with Crippen LogP contribution >= 0.6 is 0 Å². The van der Waals surface area contributed by atoms with E-state index in [1.165, 1.54) is 6.07 Å². The summed E-state index contributed by atoms with van der Waals surface area (Å²) < 4.78 is 77.3. The molecule has 0 radical (unpaired) electrons. The highest BCUT2D eigenvalue weighted by molar-refractivity contribution is 5.97. The average Bonchev–Trinajstić information content (AvgIpc) is 3.44. The maximum Gasteiger partial charge on any atom is 0.490 e. The third kappa shape index (κ3) is 10.2. The molecule has 2 aromatic carbocycles. The summed E-state index contributed by atoms with van der Waals surface area (Å²) in [5.41, 5.74) is 7.20. The number of alkyl halides is 6. The monoisotopic (exact) mass is 654 g/mol. The third-order valence-electron chi connectivity index (χ3n) is 6.19. The van der Waals surface area contributed by atoms with Gasteiger partial charge in [-0.15, -0.1) is 0 Å². The summed E-state index contributed by atoms with van der Waals surface area (Å²) >= 11 is 0. The van der Waals surface area contributed by atoms with Gasteiger partial charge in [-0.2, -0.15) is 26.3 Å². The fourth-order valence-electron chi connectivity index (χ4n) is 4.03. The number of carboxylic acids is 2. The van der Waals surface area contributed by atoms with Crippen LogP contribution < -0.4 is 10.6 Å². The number of rotatable bonds is 6. The number of amides is 1. The Hall–Kier alpha value is -5.25. The number of aromatic amines is 1. The molecule has 0 bridgehead atoms. The zero-order chi connectivity index (χ0) is 34.1. The van der Waals surface area contributed by atoms with Crippen LogP contribution in [-0.4, -0.2) is 56.9 Å². The van der Waals surface area contributed by atoms with Gasteiger partial charge >= 0.3 is 24.3 Å². The number of pyridine rings is 1. The van der Waals surface area contributed by atoms with Crippen molar-refractivity contribution in [3.63, 3.8) is 0 Å². The summed E-state index contributed by atoms with van der Waals surface area (Å²) in [6.45, 7) is 1.75. The molecule has 9 nitrogen and oxygen atoms in total. The fraction of sp³-hybridized carbons (Fsp3) is 0.200. The zero-order valence-corrected chi connectivity index (χ0v) is 23.5. The Morgan fingerprint density at radius 3 is 2.11 bits per heavy atom. The van der Waals surface area contributed by atoms with Gasteiger partial charge in [-0.1, -0.05) is 36.4 Å². The van der Waals surface area contributed by atoms with Crippen LogP contribution in [0, 0.1) is 5.82 Å². The van der Waals surface area contributed by atoms with Crippen LogP contribution in [0.1, 0.15) is 27.2 Å². The largest absolute Gasteiger partial charge is 0.490 e. The Labute approximate surface area is 256 Å². The van der Waals surface area contributed by atoms with Crippen molar-refractivity contribution in [2.75, 3.05) is 6.54 Å². The second kappa shape index (κ2) is 15.2. The molecule has 5 N–H and O–H groups in total. The summed E-state index contributed by atoms with van der Waals surface area (Å²) in [5, 5.41) is 20.4. The first kappa shape index (κ1) is 35.2. The minimum Gasteiger partial charge on any atom is -0.475 e. The smallest absolute Gasteiger partial charge is 0.475 e. The third-order valence-corrected chi connectivity index (χ3v) is 6.19. The van der Waals surface area contributed by atoms with Gasteiger partial charge in [0.25, 0.3) is 5.91 Å². The lowest BCUT2D eigenvalue weighted by atomic mass is 10.0. The van der Waals surface area contributed by atoms with Gasteiger partial charge < -0.3 is 25.8 Å². The Balaban J connectivity index is 0.000000345. The van der Waals surface area contributed by atoms with Gasteiger partial charge in [-0.05, 0) is 35.9 Å². The SMILES string of the molecule is O=C(O)C(F)(F)F.O=C(O)C(F)(F)F.O=C1NCCc2[nH]c(-c3ccnc(-c4cccc(CNCc5ccccc5F)c4)c3)cc21. The van der Waals surface area contributed by atoms with Crippen molar-refractivity contribution in [2.45, 2.75) is 31.9 Å². The Morgan fingerprint density at radius 1 is 0.848 bits per heavy atom. The number of carbonyl (C=O) groups excluding carboxylic acids is 1. The van der Waals surface area contributed by atoms with E-state index in [4.69, 9.17) is 19.8 Å². The summed E-state index contributed by atoms with van der Waals surface area (Å²) in [6, 6.07) is 20.8. The van der Waals surface area contributed by atoms with Crippen molar-refractivity contribution in [3.8, 4) is 22.5 Å². The number of hydrogen-bond acceptors (Lipinski definition) is 5. The summed E-state index contributed by atoms with van der Waals surface area (Å²) in [7, 11) is 0. The van der Waals surface area contributed by atoms with Gasteiger partial charge in [0.05, 0.1) is 11.3 Å². The summed E-state index contributed by atoms with van der Waals surface area (Å²) in [4.78, 5) is 37.8. The van der Waals surface area contributed by atoms with Crippen LogP contribution in [0.4, 0.5) is 30.7 Å². The van der Waals surface area contributed by atoms with Crippen molar-refractivity contribution < 1.29 is 55.3 Å². The number of aliphatic carboxylic acids is 2. The van der Waals surface area contributed by atoms with Crippen LogP contribution in [0.3, 0.4) is 0 Å². The average molecular weight is 655 g/mol. The maximum absolute atomic E-state index is 13.8. The Morgan fingerprint density at radius 2 is 1.50 bits per heavy atom. The number of halogens is 7. The second-order valence-electron chi connectivity index (χ2n) is 9.51. The van der Waals surface area contributed by atoms with Crippen LogP contribution in [0.25, 0.3) is 22.5 Å². The van der Waals surface area contributed by atoms with Gasteiger partial charge in [-0.25, -0.2) is 14.0 Å². The van der Waals surface area contributed by atoms with E-state index in [1.807, 2.05) is 42.5 Å². The molecule has 0 fully saturated rings. The van der Waals surface area contributed by atoms with Gasteiger partial charge in [0.2, 0.25) is 0 Å². The second-order valence-corrected chi connectivity index (χ2v) is 9.51. The molecule has 1 aliphatic heterocycles. The minimum absolute atomic E-state index is 0.0291. The number of carboxylic acid groups (broad SMARTS) is 2. The quantitative estimate of drug-likeness (QED) is 0.167. The number of fused-ring (bicyclic) bond motifs is 1. The maximum atomic E-state index is 13.8. The summed E-state index contributed by atoms with van der Waals surface area (Å²) in [6.07, 6.45) is -7.57. The standard InChI is InChI=1S/C26H23FN4O.2C2HF3O2/c27-22-7-2-1-5-20(22)16-28-15-17-4-3-6-18(12-17)24-13-19(8-10-29-24)25-14-21-23(31-25)9-11-30-26(21)32;2*3-2(4,5)1(6)7/h1-8,10,12-14,28,31H,9,11,15-16H2,(H,30,32);2*(H,6,7). The lowest BCUT2D eigenvalue weighted by molar-refractivity contribution is -0.193. The molecule has 16 heteroatoms. The number of hydrogen-bond donors (Lipinski definition) is 5. The molecule has 3 heterocycles. The highest BCUT2D eigenvalue weighted by atomic mass is 19.4. The highest BCUT2D eigenvalue weighted by Crippen LogP contribution is 2.27. The first-order valence-electron chi connectivity index (χ1n) is 13.2. The molecule has 0 atom stereocenters. The van der Waals surface area contributed by atoms with Crippen molar-refractivity contribution in [2.24, 2.45) is 0 Å². The molecule has 0 saturated heterocycles. The van der Waals surface area contributed by atoms with E-state index in [2.05, 4.69) is 26.7 Å². The van der Waals surface area contributed by atoms with Crippen molar-refractivity contribution in [1.29, 1.82) is 0 Å². The van der Waals surface area contributed by atoms with Crippen molar-refractivity contribution >= 4 is 17.8 Å². The number of aromatic nitrogens is 2. The van der Waals surface area contributed by atoms with Crippen molar-refractivity contribution in [1.82, 2.24) is 20.6 Å². The van der Waals surface area contributed by atoms with Crippen LogP contribution in [0.2, 0.25) is 0 Å².